The van der Waals surface area contributed by atoms with Crippen LogP contribution in [0.4, 0.5) is 5.69 Å². The zero-order chi connectivity index (χ0) is 22.7. The number of likely N-dealkylation sites (tertiary alicyclic amines) is 1. The Hall–Kier alpha value is -1.41. The standard InChI is InChI=1S/C25H31BrN2O3S/c1-3-24(18-9-6-12-21(14-18)27-32(2,30)31)22-15-28(16-23(22)24)25(29,17-7-4-8-17)19-10-5-11-20(26)13-19/h5-6,9-14,17,22-23,27,29H,3-4,7-8,15-16H2,1-2H3. The smallest absolute Gasteiger partial charge is 0.229 e. The van der Waals surface area contributed by atoms with Crippen LogP contribution in [0.1, 0.15) is 43.7 Å². The fraction of sp³-hybridized carbons (Fsp3) is 0.520. The molecule has 0 spiro atoms. The van der Waals surface area contributed by atoms with E-state index in [2.05, 4.69) is 50.7 Å². The highest BCUT2D eigenvalue weighted by Gasteiger charge is 2.69. The van der Waals surface area contributed by atoms with Crippen molar-refractivity contribution in [1.29, 1.82) is 0 Å². The molecule has 5 nitrogen and oxygen atoms in total. The molecule has 2 aromatic rings. The Kier molecular flexibility index (Phi) is 5.48. The van der Waals surface area contributed by atoms with Crippen molar-refractivity contribution in [1.82, 2.24) is 4.90 Å². The molecule has 0 radical (unpaired) electrons. The molecule has 3 unspecified atom stereocenters. The lowest BCUT2D eigenvalue weighted by Gasteiger charge is -2.48. The number of nitrogens with one attached hydrogen (secondary N) is 1. The van der Waals surface area contributed by atoms with Crippen LogP contribution in [0.25, 0.3) is 0 Å². The van der Waals surface area contributed by atoms with Crippen molar-refractivity contribution in [3.8, 4) is 0 Å². The van der Waals surface area contributed by atoms with Crippen molar-refractivity contribution in [3.63, 3.8) is 0 Å². The number of piperidine rings is 1. The second-order valence-corrected chi connectivity index (χ2v) is 12.5. The number of aliphatic hydroxyl groups is 1. The van der Waals surface area contributed by atoms with Crippen LogP contribution in [0.2, 0.25) is 0 Å². The molecule has 2 aliphatic carbocycles. The van der Waals surface area contributed by atoms with Crippen LogP contribution in [0, 0.1) is 17.8 Å². The molecule has 7 heteroatoms. The van der Waals surface area contributed by atoms with E-state index in [4.69, 9.17) is 0 Å². The number of nitrogens with zero attached hydrogens (tertiary/aromatic N) is 1. The largest absolute Gasteiger partial charge is 0.371 e. The highest BCUT2D eigenvalue weighted by atomic mass is 79.9. The second kappa shape index (κ2) is 7.83. The van der Waals surface area contributed by atoms with Gasteiger partial charge in [0.2, 0.25) is 10.0 Å². The first kappa shape index (κ1) is 22.4. The van der Waals surface area contributed by atoms with Crippen molar-refractivity contribution in [2.45, 2.75) is 43.7 Å². The van der Waals surface area contributed by atoms with E-state index < -0.39 is 15.7 Å². The van der Waals surface area contributed by atoms with Gasteiger partial charge in [-0.3, -0.25) is 9.62 Å². The average Bonchev–Trinajstić information content (AvgIpc) is 3.06. The Balaban J connectivity index is 1.42. The van der Waals surface area contributed by atoms with E-state index in [0.29, 0.717) is 17.5 Å². The zero-order valence-corrected chi connectivity index (χ0v) is 21.0. The van der Waals surface area contributed by atoms with Gasteiger partial charge < -0.3 is 5.11 Å². The van der Waals surface area contributed by atoms with E-state index in [0.717, 1.165) is 42.4 Å². The van der Waals surface area contributed by atoms with Crippen molar-refractivity contribution in [3.05, 3.63) is 64.1 Å². The number of benzene rings is 2. The van der Waals surface area contributed by atoms with E-state index >= 15 is 0 Å². The second-order valence-electron chi connectivity index (χ2n) is 9.83. The van der Waals surface area contributed by atoms with Crippen molar-refractivity contribution in [2.24, 2.45) is 17.8 Å². The molecule has 1 heterocycles. The van der Waals surface area contributed by atoms with E-state index in [1.807, 2.05) is 24.3 Å². The van der Waals surface area contributed by atoms with Crippen LogP contribution in [0.3, 0.4) is 0 Å². The molecular formula is C25H31BrN2O3S. The summed E-state index contributed by atoms with van der Waals surface area (Å²) in [6.45, 7) is 3.95. The third-order valence-corrected chi connectivity index (χ3v) is 9.33. The average molecular weight is 520 g/mol. The lowest BCUT2D eigenvalue weighted by molar-refractivity contribution is -0.175. The van der Waals surface area contributed by atoms with Crippen LogP contribution >= 0.6 is 15.9 Å². The predicted molar refractivity (Wildman–Crippen MR) is 131 cm³/mol. The quantitative estimate of drug-likeness (QED) is 0.558. The maximum absolute atomic E-state index is 12.1. The molecule has 3 atom stereocenters. The highest BCUT2D eigenvalue weighted by molar-refractivity contribution is 9.10. The monoisotopic (exact) mass is 518 g/mol. The molecule has 32 heavy (non-hydrogen) atoms. The lowest BCUT2D eigenvalue weighted by atomic mass is 9.73. The number of halogens is 1. The molecule has 2 aromatic carbocycles. The van der Waals surface area contributed by atoms with Crippen LogP contribution in [0.15, 0.2) is 53.0 Å². The zero-order valence-electron chi connectivity index (χ0n) is 18.6. The van der Waals surface area contributed by atoms with Gasteiger partial charge in [0, 0.05) is 34.6 Å². The van der Waals surface area contributed by atoms with Crippen molar-refractivity contribution in [2.75, 3.05) is 24.1 Å². The Morgan fingerprint density at radius 2 is 1.84 bits per heavy atom. The molecule has 2 saturated carbocycles. The van der Waals surface area contributed by atoms with E-state index in [1.54, 1.807) is 6.07 Å². The van der Waals surface area contributed by atoms with Gasteiger partial charge in [-0.05, 0) is 66.5 Å². The number of fused-ring (bicyclic) bond motifs is 1. The van der Waals surface area contributed by atoms with Gasteiger partial charge in [0.1, 0.15) is 5.72 Å². The summed E-state index contributed by atoms with van der Waals surface area (Å²) < 4.78 is 27.0. The van der Waals surface area contributed by atoms with Gasteiger partial charge in [0.25, 0.3) is 0 Å². The molecule has 5 rings (SSSR count). The summed E-state index contributed by atoms with van der Waals surface area (Å²) in [6, 6.07) is 16.0. The van der Waals surface area contributed by atoms with E-state index in [1.165, 1.54) is 18.2 Å². The van der Waals surface area contributed by atoms with E-state index in [9.17, 15) is 13.5 Å². The minimum Gasteiger partial charge on any atom is -0.371 e. The molecule has 0 aromatic heterocycles. The molecule has 1 aliphatic heterocycles. The predicted octanol–water partition coefficient (Wildman–Crippen LogP) is 4.68. The Morgan fingerprint density at radius 3 is 2.41 bits per heavy atom. The summed E-state index contributed by atoms with van der Waals surface area (Å²) in [5.41, 5.74) is 1.95. The van der Waals surface area contributed by atoms with Crippen LogP contribution in [0.5, 0.6) is 0 Å². The van der Waals surface area contributed by atoms with Gasteiger partial charge in [-0.25, -0.2) is 8.42 Å². The molecule has 1 saturated heterocycles. The Bertz CT molecular complexity index is 1120. The van der Waals surface area contributed by atoms with Gasteiger partial charge in [0.15, 0.2) is 0 Å². The molecule has 0 amide bonds. The molecular weight excluding hydrogens is 488 g/mol. The third kappa shape index (κ3) is 3.52. The number of sulfonamides is 1. The van der Waals surface area contributed by atoms with Gasteiger partial charge in [-0.2, -0.15) is 0 Å². The number of hydrogen-bond donors (Lipinski definition) is 2. The van der Waals surface area contributed by atoms with E-state index in [-0.39, 0.29) is 11.3 Å². The maximum Gasteiger partial charge on any atom is 0.229 e. The first-order chi connectivity index (χ1) is 15.2. The lowest BCUT2D eigenvalue weighted by Crippen LogP contribution is -2.54. The molecule has 2 N–H and O–H groups in total. The summed E-state index contributed by atoms with van der Waals surface area (Å²) in [7, 11) is -3.31. The SMILES string of the molecule is CCC1(c2cccc(NS(C)(=O)=O)c2)C2CN(C(O)(c3cccc(Br)c3)C3CCC3)CC21. The summed E-state index contributed by atoms with van der Waals surface area (Å²) in [4.78, 5) is 2.32. The molecule has 0 bridgehead atoms. The van der Waals surface area contributed by atoms with Gasteiger partial charge >= 0.3 is 0 Å². The summed E-state index contributed by atoms with van der Waals surface area (Å²) in [5, 5.41) is 12.1. The summed E-state index contributed by atoms with van der Waals surface area (Å²) >= 11 is 3.58. The number of anilines is 1. The topological polar surface area (TPSA) is 69.6 Å². The fourth-order valence-electron chi connectivity index (χ4n) is 6.46. The van der Waals surface area contributed by atoms with Crippen LogP contribution in [-0.2, 0) is 21.2 Å². The first-order valence-electron chi connectivity index (χ1n) is 11.5. The molecule has 172 valence electrons. The van der Waals surface area contributed by atoms with Crippen molar-refractivity contribution < 1.29 is 13.5 Å². The molecule has 3 fully saturated rings. The minimum absolute atomic E-state index is 0.0590. The Labute approximate surface area is 199 Å². The fourth-order valence-corrected chi connectivity index (χ4v) is 7.41. The van der Waals surface area contributed by atoms with Gasteiger partial charge in [-0.15, -0.1) is 0 Å². The van der Waals surface area contributed by atoms with Crippen molar-refractivity contribution >= 4 is 31.6 Å². The minimum atomic E-state index is -3.31. The van der Waals surface area contributed by atoms with Crippen LogP contribution < -0.4 is 4.72 Å². The van der Waals surface area contributed by atoms with Gasteiger partial charge in [0.05, 0.1) is 6.26 Å². The highest BCUT2D eigenvalue weighted by Crippen LogP contribution is 2.67. The van der Waals surface area contributed by atoms with Gasteiger partial charge in [-0.1, -0.05) is 53.5 Å². The maximum atomic E-state index is 12.1. The Morgan fingerprint density at radius 1 is 1.16 bits per heavy atom. The third-order valence-electron chi connectivity index (χ3n) is 8.23. The normalized spacial score (nSPS) is 29.8. The number of hydrogen-bond acceptors (Lipinski definition) is 4. The molecule has 3 aliphatic rings. The first-order valence-corrected chi connectivity index (χ1v) is 14.2. The summed E-state index contributed by atoms with van der Waals surface area (Å²) in [5.74, 6) is 1.21. The van der Waals surface area contributed by atoms with Crippen LogP contribution in [-0.4, -0.2) is 37.8 Å². The summed E-state index contributed by atoms with van der Waals surface area (Å²) in [6.07, 6.45) is 5.50. The number of rotatable bonds is 7.